The molecule has 5 heteroatoms. The molecule has 0 atom stereocenters. The highest BCUT2D eigenvalue weighted by Crippen LogP contribution is 2.30. The number of nitrogens with zero attached hydrogens (tertiary/aromatic N) is 2. The summed E-state index contributed by atoms with van der Waals surface area (Å²) in [7, 11) is 3.24. The third-order valence-corrected chi connectivity index (χ3v) is 6.06. The fraction of sp³-hybridized carbons (Fsp3) is 0.250. The van der Waals surface area contributed by atoms with Crippen LogP contribution in [0.15, 0.2) is 84.9 Å². The summed E-state index contributed by atoms with van der Waals surface area (Å²) in [6.45, 7) is 3.01. The Labute approximate surface area is 195 Å². The van der Waals surface area contributed by atoms with Gasteiger partial charge in [0.05, 0.1) is 20.3 Å². The van der Waals surface area contributed by atoms with Gasteiger partial charge in [-0.15, -0.1) is 0 Å². The highest BCUT2D eigenvalue weighted by molar-refractivity contribution is 5.92. The van der Waals surface area contributed by atoms with Crippen molar-refractivity contribution >= 4 is 12.0 Å². The van der Waals surface area contributed by atoms with E-state index < -0.39 is 0 Å². The number of rotatable bonds is 7. The van der Waals surface area contributed by atoms with E-state index in [1.54, 1.807) is 26.4 Å². The predicted octanol–water partition coefficient (Wildman–Crippen LogP) is 4.65. The Morgan fingerprint density at radius 3 is 1.97 bits per heavy atom. The van der Waals surface area contributed by atoms with E-state index in [2.05, 4.69) is 53.4 Å². The summed E-state index contributed by atoms with van der Waals surface area (Å²) >= 11 is 0. The normalized spacial score (nSPS) is 14.6. The topological polar surface area (TPSA) is 42.0 Å². The van der Waals surface area contributed by atoms with E-state index in [0.717, 1.165) is 24.4 Å². The Bertz CT molecular complexity index is 1040. The first-order valence-electron chi connectivity index (χ1n) is 11.2. The number of carbonyl (C=O) groups is 1. The smallest absolute Gasteiger partial charge is 0.246 e. The van der Waals surface area contributed by atoms with E-state index in [4.69, 9.17) is 9.47 Å². The van der Waals surface area contributed by atoms with Crippen LogP contribution in [0.2, 0.25) is 0 Å². The highest BCUT2D eigenvalue weighted by atomic mass is 16.5. The first-order valence-corrected chi connectivity index (χ1v) is 11.2. The molecule has 0 radical (unpaired) electrons. The molecule has 0 bridgehead atoms. The van der Waals surface area contributed by atoms with E-state index in [0.29, 0.717) is 18.8 Å². The van der Waals surface area contributed by atoms with Crippen molar-refractivity contribution < 1.29 is 14.3 Å². The number of piperazine rings is 1. The molecule has 0 aromatic heterocycles. The van der Waals surface area contributed by atoms with Crippen molar-refractivity contribution in [1.82, 2.24) is 9.80 Å². The predicted molar refractivity (Wildman–Crippen MR) is 131 cm³/mol. The maximum absolute atomic E-state index is 12.9. The quantitative estimate of drug-likeness (QED) is 0.500. The van der Waals surface area contributed by atoms with E-state index in [-0.39, 0.29) is 11.9 Å². The molecule has 1 saturated heterocycles. The van der Waals surface area contributed by atoms with Crippen LogP contribution in [0.5, 0.6) is 11.5 Å². The van der Waals surface area contributed by atoms with Crippen LogP contribution in [0.4, 0.5) is 0 Å². The van der Waals surface area contributed by atoms with Crippen molar-refractivity contribution in [1.29, 1.82) is 0 Å². The van der Waals surface area contributed by atoms with Gasteiger partial charge in [-0.2, -0.15) is 0 Å². The second-order valence-electron chi connectivity index (χ2n) is 8.03. The molecular weight excluding hydrogens is 412 g/mol. The number of ether oxygens (including phenoxy) is 2. The average Bonchev–Trinajstić information content (AvgIpc) is 2.89. The van der Waals surface area contributed by atoms with Crippen LogP contribution < -0.4 is 9.47 Å². The lowest BCUT2D eigenvalue weighted by molar-refractivity contribution is -0.127. The molecule has 1 fully saturated rings. The van der Waals surface area contributed by atoms with Crippen molar-refractivity contribution in [2.75, 3.05) is 40.4 Å². The van der Waals surface area contributed by atoms with Crippen molar-refractivity contribution in [2.24, 2.45) is 0 Å². The summed E-state index contributed by atoms with van der Waals surface area (Å²) < 4.78 is 10.7. The molecule has 1 aliphatic rings. The molecule has 0 spiro atoms. The molecule has 3 aromatic carbocycles. The number of amides is 1. The molecule has 0 aliphatic carbocycles. The van der Waals surface area contributed by atoms with E-state index in [1.165, 1.54) is 11.1 Å². The molecular formula is C28H30N2O3. The molecule has 170 valence electrons. The first kappa shape index (κ1) is 22.6. The van der Waals surface area contributed by atoms with Gasteiger partial charge in [-0.1, -0.05) is 60.7 Å². The maximum atomic E-state index is 12.9. The largest absolute Gasteiger partial charge is 0.497 e. The number of methoxy groups -OCH3 is 2. The van der Waals surface area contributed by atoms with Gasteiger partial charge in [0.15, 0.2) is 0 Å². The van der Waals surface area contributed by atoms with Crippen LogP contribution in [0, 0.1) is 0 Å². The van der Waals surface area contributed by atoms with Gasteiger partial charge in [0.25, 0.3) is 0 Å². The molecule has 0 saturated carbocycles. The Hall–Kier alpha value is -3.57. The SMILES string of the molecule is COc1ccc(OC)c(/C=C/C(=O)N2CCN(C(c3ccccc3)c3ccccc3)CC2)c1. The van der Waals surface area contributed by atoms with Crippen molar-refractivity contribution in [3.8, 4) is 11.5 Å². The van der Waals surface area contributed by atoms with Crippen LogP contribution in [0.3, 0.4) is 0 Å². The maximum Gasteiger partial charge on any atom is 0.246 e. The summed E-state index contributed by atoms with van der Waals surface area (Å²) in [4.78, 5) is 17.3. The zero-order valence-electron chi connectivity index (χ0n) is 19.2. The fourth-order valence-corrected chi connectivity index (χ4v) is 4.32. The summed E-state index contributed by atoms with van der Waals surface area (Å²) in [5.74, 6) is 1.44. The summed E-state index contributed by atoms with van der Waals surface area (Å²) in [6.07, 6.45) is 3.42. The van der Waals surface area contributed by atoms with E-state index >= 15 is 0 Å². The summed E-state index contributed by atoms with van der Waals surface area (Å²) in [5.41, 5.74) is 3.36. The Morgan fingerprint density at radius 1 is 0.818 bits per heavy atom. The number of hydrogen-bond acceptors (Lipinski definition) is 4. The van der Waals surface area contributed by atoms with Crippen molar-refractivity contribution in [3.05, 3.63) is 102 Å². The van der Waals surface area contributed by atoms with E-state index in [1.807, 2.05) is 35.2 Å². The molecule has 4 rings (SSSR count). The minimum atomic E-state index is 0.00972. The van der Waals surface area contributed by atoms with E-state index in [9.17, 15) is 4.79 Å². The highest BCUT2D eigenvalue weighted by Gasteiger charge is 2.27. The van der Waals surface area contributed by atoms with Gasteiger partial charge < -0.3 is 14.4 Å². The fourth-order valence-electron chi connectivity index (χ4n) is 4.32. The minimum absolute atomic E-state index is 0.00972. The third-order valence-electron chi connectivity index (χ3n) is 6.06. The molecule has 1 amide bonds. The van der Waals surface area contributed by atoms with Crippen molar-refractivity contribution in [3.63, 3.8) is 0 Å². The lowest BCUT2D eigenvalue weighted by Gasteiger charge is -2.39. The summed E-state index contributed by atoms with van der Waals surface area (Å²) in [6, 6.07) is 26.9. The van der Waals surface area contributed by atoms with Gasteiger partial charge in [-0.25, -0.2) is 0 Å². The number of carbonyl (C=O) groups excluding carboxylic acids is 1. The second kappa shape index (κ2) is 10.8. The molecule has 0 N–H and O–H groups in total. The number of benzene rings is 3. The average molecular weight is 443 g/mol. The molecule has 1 aliphatic heterocycles. The molecule has 5 nitrogen and oxygen atoms in total. The molecule has 1 heterocycles. The summed E-state index contributed by atoms with van der Waals surface area (Å²) in [5, 5.41) is 0. The standard InChI is InChI=1S/C28H30N2O3/c1-32-25-14-15-26(33-2)24(21-25)13-16-27(31)29-17-19-30(20-18-29)28(22-9-5-3-6-10-22)23-11-7-4-8-12-23/h3-16,21,28H,17-20H2,1-2H3/b16-13+. The third kappa shape index (κ3) is 5.44. The first-order chi connectivity index (χ1) is 16.2. The van der Waals surface area contributed by atoms with Gasteiger partial charge in [0.1, 0.15) is 11.5 Å². The van der Waals surface area contributed by atoms with Crippen LogP contribution in [-0.2, 0) is 4.79 Å². The molecule has 33 heavy (non-hydrogen) atoms. The van der Waals surface area contributed by atoms with Crippen LogP contribution in [-0.4, -0.2) is 56.1 Å². The van der Waals surface area contributed by atoms with Crippen LogP contribution in [0.25, 0.3) is 6.08 Å². The Morgan fingerprint density at radius 2 is 1.42 bits per heavy atom. The van der Waals surface area contributed by atoms with Gasteiger partial charge in [-0.05, 0) is 35.4 Å². The van der Waals surface area contributed by atoms with Gasteiger partial charge >= 0.3 is 0 Å². The second-order valence-corrected chi connectivity index (χ2v) is 8.03. The Balaban J connectivity index is 1.44. The lowest BCUT2D eigenvalue weighted by atomic mass is 9.96. The van der Waals surface area contributed by atoms with Crippen LogP contribution in [0.1, 0.15) is 22.7 Å². The van der Waals surface area contributed by atoms with Gasteiger partial charge in [0.2, 0.25) is 5.91 Å². The van der Waals surface area contributed by atoms with Crippen molar-refractivity contribution in [2.45, 2.75) is 6.04 Å². The zero-order chi connectivity index (χ0) is 23.0. The molecule has 3 aromatic rings. The zero-order valence-corrected chi connectivity index (χ0v) is 19.2. The monoisotopic (exact) mass is 442 g/mol. The van der Waals surface area contributed by atoms with Gasteiger partial charge in [-0.3, -0.25) is 9.69 Å². The minimum Gasteiger partial charge on any atom is -0.497 e. The Kier molecular flexibility index (Phi) is 7.43. The molecule has 0 unspecified atom stereocenters. The lowest BCUT2D eigenvalue weighted by Crippen LogP contribution is -2.49. The van der Waals surface area contributed by atoms with Crippen LogP contribution >= 0.6 is 0 Å². The van der Waals surface area contributed by atoms with Gasteiger partial charge in [0, 0.05) is 37.8 Å². The number of hydrogen-bond donors (Lipinski definition) is 0.